The fourth-order valence-electron chi connectivity index (χ4n) is 1.69. The molecular formula is C14H11BrFNO. The molecule has 0 aliphatic rings. The molecule has 2 rings (SSSR count). The van der Waals surface area contributed by atoms with Crippen molar-refractivity contribution in [2.24, 2.45) is 0 Å². The number of hydrogen-bond acceptors (Lipinski definition) is 2. The largest absolute Gasteiger partial charge is 0.293 e. The Kier molecular flexibility index (Phi) is 3.87. The van der Waals surface area contributed by atoms with Crippen LogP contribution in [0.5, 0.6) is 0 Å². The molecule has 0 bridgehead atoms. The number of benzene rings is 1. The number of pyridine rings is 1. The van der Waals surface area contributed by atoms with Crippen LogP contribution in [0.4, 0.5) is 4.39 Å². The van der Waals surface area contributed by atoms with Crippen LogP contribution in [0.15, 0.2) is 47.1 Å². The van der Waals surface area contributed by atoms with Gasteiger partial charge in [-0.1, -0.05) is 6.07 Å². The summed E-state index contributed by atoms with van der Waals surface area (Å²) >= 11 is 3.21. The number of Topliss-reactive ketones (excluding diaryl/α,β-unsaturated/α-hetero) is 1. The maximum absolute atomic E-state index is 13.0. The number of ketones is 1. The zero-order valence-corrected chi connectivity index (χ0v) is 11.3. The quantitative estimate of drug-likeness (QED) is 0.803. The third-order valence-corrected chi connectivity index (χ3v) is 3.38. The monoisotopic (exact) mass is 307 g/mol. The molecule has 18 heavy (non-hydrogen) atoms. The van der Waals surface area contributed by atoms with Crippen LogP contribution in [0.2, 0.25) is 0 Å². The summed E-state index contributed by atoms with van der Waals surface area (Å²) < 4.78 is 13.4. The van der Waals surface area contributed by atoms with Crippen molar-refractivity contribution < 1.29 is 9.18 Å². The van der Waals surface area contributed by atoms with Crippen LogP contribution >= 0.6 is 15.9 Å². The standard InChI is InChI=1S/C14H11BrFNO/c1-9(13-4-2-3-7-17-13)14(18)11-6-5-10(16)8-12(11)15/h2-9H,1H3. The Hall–Kier alpha value is -1.55. The maximum atomic E-state index is 13.0. The van der Waals surface area contributed by atoms with Crippen molar-refractivity contribution in [2.75, 3.05) is 0 Å². The van der Waals surface area contributed by atoms with Gasteiger partial charge in [-0.3, -0.25) is 9.78 Å². The second-order valence-corrected chi connectivity index (χ2v) is 4.82. The van der Waals surface area contributed by atoms with Gasteiger partial charge in [0.15, 0.2) is 5.78 Å². The molecule has 4 heteroatoms. The Morgan fingerprint density at radius 1 is 1.33 bits per heavy atom. The molecule has 0 saturated carbocycles. The highest BCUT2D eigenvalue weighted by molar-refractivity contribution is 9.10. The van der Waals surface area contributed by atoms with E-state index < -0.39 is 0 Å². The smallest absolute Gasteiger partial charge is 0.172 e. The molecule has 0 fully saturated rings. The highest BCUT2D eigenvalue weighted by Crippen LogP contribution is 2.24. The number of aromatic nitrogens is 1. The van der Waals surface area contributed by atoms with E-state index >= 15 is 0 Å². The number of nitrogens with zero attached hydrogens (tertiary/aromatic N) is 1. The first kappa shape index (κ1) is 12.9. The van der Waals surface area contributed by atoms with Gasteiger partial charge in [-0.05, 0) is 53.2 Å². The molecule has 1 aromatic carbocycles. The van der Waals surface area contributed by atoms with Crippen molar-refractivity contribution in [2.45, 2.75) is 12.8 Å². The van der Waals surface area contributed by atoms with Crippen LogP contribution in [0.3, 0.4) is 0 Å². The molecule has 1 unspecified atom stereocenters. The van der Waals surface area contributed by atoms with Gasteiger partial charge in [0.25, 0.3) is 0 Å². The third kappa shape index (κ3) is 2.64. The zero-order valence-electron chi connectivity index (χ0n) is 9.73. The molecule has 2 aromatic rings. The van der Waals surface area contributed by atoms with Gasteiger partial charge in [-0.2, -0.15) is 0 Å². The van der Waals surface area contributed by atoms with Crippen molar-refractivity contribution in [1.82, 2.24) is 4.98 Å². The minimum Gasteiger partial charge on any atom is -0.293 e. The van der Waals surface area contributed by atoms with Crippen LogP contribution in [-0.4, -0.2) is 10.8 Å². The lowest BCUT2D eigenvalue weighted by Gasteiger charge is -2.11. The van der Waals surface area contributed by atoms with E-state index in [1.54, 1.807) is 25.3 Å². The average molecular weight is 308 g/mol. The summed E-state index contributed by atoms with van der Waals surface area (Å²) in [6, 6.07) is 9.50. The molecule has 0 aliphatic heterocycles. The van der Waals surface area contributed by atoms with Crippen molar-refractivity contribution in [3.05, 3.63) is 64.1 Å². The van der Waals surface area contributed by atoms with Crippen LogP contribution < -0.4 is 0 Å². The van der Waals surface area contributed by atoms with Gasteiger partial charge in [-0.25, -0.2) is 4.39 Å². The Labute approximate surface area is 113 Å². The van der Waals surface area contributed by atoms with E-state index in [0.29, 0.717) is 15.7 Å². The lowest BCUT2D eigenvalue weighted by Crippen LogP contribution is -2.11. The van der Waals surface area contributed by atoms with E-state index in [9.17, 15) is 9.18 Å². The van der Waals surface area contributed by atoms with Gasteiger partial charge in [0.1, 0.15) is 5.82 Å². The van der Waals surface area contributed by atoms with Crippen molar-refractivity contribution in [1.29, 1.82) is 0 Å². The van der Waals surface area contributed by atoms with Crippen molar-refractivity contribution >= 4 is 21.7 Å². The van der Waals surface area contributed by atoms with E-state index in [4.69, 9.17) is 0 Å². The predicted octanol–water partition coefficient (Wildman–Crippen LogP) is 3.97. The number of carbonyl (C=O) groups is 1. The Morgan fingerprint density at radius 3 is 2.72 bits per heavy atom. The van der Waals surface area contributed by atoms with Gasteiger partial charge >= 0.3 is 0 Å². The van der Waals surface area contributed by atoms with E-state index in [1.165, 1.54) is 18.2 Å². The molecular weight excluding hydrogens is 297 g/mol. The molecule has 0 aliphatic carbocycles. The minimum absolute atomic E-state index is 0.0828. The van der Waals surface area contributed by atoms with Crippen LogP contribution in [0.25, 0.3) is 0 Å². The van der Waals surface area contributed by atoms with Crippen LogP contribution in [0.1, 0.15) is 28.9 Å². The summed E-state index contributed by atoms with van der Waals surface area (Å²) in [7, 11) is 0. The van der Waals surface area contributed by atoms with E-state index in [1.807, 2.05) is 6.07 Å². The second kappa shape index (κ2) is 5.40. The summed E-state index contributed by atoms with van der Waals surface area (Å²) in [5.74, 6) is -0.808. The molecule has 1 aromatic heterocycles. The second-order valence-electron chi connectivity index (χ2n) is 3.96. The third-order valence-electron chi connectivity index (χ3n) is 2.72. The summed E-state index contributed by atoms with van der Waals surface area (Å²) in [6.07, 6.45) is 1.65. The molecule has 92 valence electrons. The van der Waals surface area contributed by atoms with Crippen molar-refractivity contribution in [3.63, 3.8) is 0 Å². The minimum atomic E-state index is -0.371. The molecule has 1 heterocycles. The summed E-state index contributed by atoms with van der Waals surface area (Å²) in [4.78, 5) is 16.4. The molecule has 0 amide bonds. The first-order valence-corrected chi connectivity index (χ1v) is 6.29. The van der Waals surface area contributed by atoms with Crippen molar-refractivity contribution in [3.8, 4) is 0 Å². The van der Waals surface area contributed by atoms with Crippen LogP contribution in [-0.2, 0) is 0 Å². The highest BCUT2D eigenvalue weighted by atomic mass is 79.9. The fourth-order valence-corrected chi connectivity index (χ4v) is 2.24. The van der Waals surface area contributed by atoms with Gasteiger partial charge < -0.3 is 0 Å². The fraction of sp³-hybridized carbons (Fsp3) is 0.143. The van der Waals surface area contributed by atoms with Gasteiger partial charge in [0.05, 0.1) is 11.6 Å². The number of halogens is 2. The SMILES string of the molecule is CC(C(=O)c1ccc(F)cc1Br)c1ccccn1. The molecule has 0 spiro atoms. The highest BCUT2D eigenvalue weighted by Gasteiger charge is 2.20. The first-order chi connectivity index (χ1) is 8.59. The summed E-state index contributed by atoms with van der Waals surface area (Å²) in [5, 5.41) is 0. The Bertz CT molecular complexity index is 571. The topological polar surface area (TPSA) is 30.0 Å². The Morgan fingerprint density at radius 2 is 2.11 bits per heavy atom. The van der Waals surface area contributed by atoms with Gasteiger partial charge in [0, 0.05) is 16.2 Å². The number of carbonyl (C=O) groups excluding carboxylic acids is 1. The molecule has 0 radical (unpaired) electrons. The molecule has 1 atom stereocenters. The number of rotatable bonds is 3. The maximum Gasteiger partial charge on any atom is 0.172 e. The summed E-state index contributed by atoms with van der Waals surface area (Å²) in [5.41, 5.74) is 1.17. The molecule has 0 N–H and O–H groups in total. The normalized spacial score (nSPS) is 12.2. The summed E-state index contributed by atoms with van der Waals surface area (Å²) in [6.45, 7) is 1.79. The van der Waals surface area contributed by atoms with E-state index in [0.717, 1.165) is 0 Å². The zero-order chi connectivity index (χ0) is 13.1. The van der Waals surface area contributed by atoms with Crippen LogP contribution in [0, 0.1) is 5.82 Å². The van der Waals surface area contributed by atoms with E-state index in [-0.39, 0.29) is 17.5 Å². The van der Waals surface area contributed by atoms with Gasteiger partial charge in [-0.15, -0.1) is 0 Å². The lowest BCUT2D eigenvalue weighted by molar-refractivity contribution is 0.0964. The molecule has 0 saturated heterocycles. The lowest BCUT2D eigenvalue weighted by atomic mass is 9.96. The first-order valence-electron chi connectivity index (χ1n) is 5.50. The Balaban J connectivity index is 2.32. The predicted molar refractivity (Wildman–Crippen MR) is 71.1 cm³/mol. The van der Waals surface area contributed by atoms with Gasteiger partial charge in [0.2, 0.25) is 0 Å². The van der Waals surface area contributed by atoms with E-state index in [2.05, 4.69) is 20.9 Å². The average Bonchev–Trinajstić information content (AvgIpc) is 2.38. The number of hydrogen-bond donors (Lipinski definition) is 0. The molecule has 2 nitrogen and oxygen atoms in total.